The van der Waals surface area contributed by atoms with E-state index in [0.717, 1.165) is 18.4 Å². The molecule has 1 aromatic rings. The summed E-state index contributed by atoms with van der Waals surface area (Å²) in [7, 11) is 2.67. The van der Waals surface area contributed by atoms with Crippen molar-refractivity contribution in [2.24, 2.45) is 5.41 Å². The molecule has 9 heteroatoms. The van der Waals surface area contributed by atoms with Crippen LogP contribution in [0, 0.1) is 5.41 Å². The molecule has 1 heterocycles. The number of unbranched alkanes of at least 4 members (excludes halogenated alkanes) is 2. The van der Waals surface area contributed by atoms with Crippen LogP contribution < -0.4 is 0 Å². The second kappa shape index (κ2) is 17.1. The number of carbonyl (C=O) groups is 3. The number of aliphatic hydroxyl groups is 1. The van der Waals surface area contributed by atoms with Crippen molar-refractivity contribution in [3.8, 4) is 0 Å². The highest BCUT2D eigenvalue weighted by molar-refractivity contribution is 5.83. The smallest absolute Gasteiger partial charge is 0.330 e. The Morgan fingerprint density at radius 2 is 1.93 bits per heavy atom. The maximum Gasteiger partial charge on any atom is 0.330 e. The second-order valence-corrected chi connectivity index (χ2v) is 11.0. The van der Waals surface area contributed by atoms with Gasteiger partial charge >= 0.3 is 11.9 Å². The monoisotopic (exact) mass is 586 g/mol. The van der Waals surface area contributed by atoms with Gasteiger partial charge < -0.3 is 28.8 Å². The van der Waals surface area contributed by atoms with Gasteiger partial charge in [0.05, 0.1) is 32.0 Å². The molecule has 0 unspecified atom stereocenters. The third-order valence-electron chi connectivity index (χ3n) is 7.47. The molecule has 0 saturated carbocycles. The van der Waals surface area contributed by atoms with Crippen LogP contribution in [0.1, 0.15) is 64.9 Å². The van der Waals surface area contributed by atoms with Gasteiger partial charge in [0, 0.05) is 31.4 Å². The molecule has 2 rings (SSSR count). The van der Waals surface area contributed by atoms with Crippen LogP contribution in [0.4, 0.5) is 0 Å². The molecule has 5 atom stereocenters. The van der Waals surface area contributed by atoms with E-state index in [1.807, 2.05) is 30.3 Å². The molecule has 1 aromatic carbocycles. The zero-order valence-electron chi connectivity index (χ0n) is 25.5. The summed E-state index contributed by atoms with van der Waals surface area (Å²) in [4.78, 5) is 36.8. The van der Waals surface area contributed by atoms with Gasteiger partial charge in [-0.05, 0) is 49.8 Å². The number of aliphatic hydroxyl groups excluding tert-OH is 1. The zero-order chi connectivity index (χ0) is 31.2. The Bertz CT molecular complexity index is 1080. The van der Waals surface area contributed by atoms with Crippen molar-refractivity contribution in [2.75, 3.05) is 14.2 Å². The third kappa shape index (κ3) is 9.73. The molecule has 1 N–H and O–H groups in total. The quantitative estimate of drug-likeness (QED) is 0.0883. The second-order valence-electron chi connectivity index (χ2n) is 11.0. The highest BCUT2D eigenvalue weighted by Crippen LogP contribution is 2.48. The first-order valence-corrected chi connectivity index (χ1v) is 14.3. The molecule has 1 saturated heterocycles. The summed E-state index contributed by atoms with van der Waals surface area (Å²) in [5.74, 6) is -2.77. The summed E-state index contributed by atoms with van der Waals surface area (Å²) in [5, 5.41) is 11.1. The molecule has 9 nitrogen and oxygen atoms in total. The summed E-state index contributed by atoms with van der Waals surface area (Å²) in [6.07, 6.45) is 5.95. The molecule has 232 valence electrons. The molecule has 0 bridgehead atoms. The van der Waals surface area contributed by atoms with Crippen molar-refractivity contribution in [2.45, 2.75) is 96.1 Å². The molecule has 0 aliphatic carbocycles. The first kappa shape index (κ1) is 35.1. The van der Waals surface area contributed by atoms with Gasteiger partial charge in [0.25, 0.3) is 0 Å². The van der Waals surface area contributed by atoms with Crippen LogP contribution in [0.25, 0.3) is 0 Å². The fourth-order valence-corrected chi connectivity index (χ4v) is 5.02. The van der Waals surface area contributed by atoms with E-state index in [9.17, 15) is 19.5 Å². The van der Waals surface area contributed by atoms with Crippen LogP contribution in [0.2, 0.25) is 0 Å². The van der Waals surface area contributed by atoms with E-state index >= 15 is 0 Å². The Morgan fingerprint density at radius 1 is 1.21 bits per heavy atom. The number of carbonyl (C=O) groups excluding carboxylic acids is 3. The molecular formula is C33H46O9. The highest BCUT2D eigenvalue weighted by Gasteiger charge is 2.59. The first-order chi connectivity index (χ1) is 20.0. The maximum absolute atomic E-state index is 13.0. The molecule has 0 aromatic heterocycles. The van der Waals surface area contributed by atoms with Gasteiger partial charge in [-0.25, -0.2) is 4.79 Å². The number of ether oxygens (including phenoxy) is 5. The average molecular weight is 587 g/mol. The molecule has 1 aliphatic rings. The van der Waals surface area contributed by atoms with Gasteiger partial charge in [-0.2, -0.15) is 0 Å². The Hall–Kier alpha value is -3.11. The lowest BCUT2D eigenvalue weighted by Crippen LogP contribution is -2.63. The predicted molar refractivity (Wildman–Crippen MR) is 158 cm³/mol. The molecule has 42 heavy (non-hydrogen) atoms. The van der Waals surface area contributed by atoms with Gasteiger partial charge in [-0.3, -0.25) is 9.59 Å². The van der Waals surface area contributed by atoms with Crippen LogP contribution in [0.5, 0.6) is 0 Å². The van der Waals surface area contributed by atoms with Crippen LogP contribution in [0.15, 0.2) is 66.8 Å². The van der Waals surface area contributed by atoms with E-state index in [1.54, 1.807) is 32.9 Å². The van der Waals surface area contributed by atoms with E-state index in [4.69, 9.17) is 23.7 Å². The molecule has 1 fully saturated rings. The Labute approximate surface area is 249 Å². The number of allylic oxidation sites excluding steroid dienone is 2. The number of aldehydes is 1. The fourth-order valence-electron chi connectivity index (χ4n) is 5.02. The number of hydrogen-bond donors (Lipinski definition) is 1. The minimum absolute atomic E-state index is 0.134. The van der Waals surface area contributed by atoms with Crippen molar-refractivity contribution in [1.29, 1.82) is 0 Å². The van der Waals surface area contributed by atoms with Crippen LogP contribution in [-0.2, 0) is 44.7 Å². The average Bonchev–Trinajstić information content (AvgIpc) is 2.98. The summed E-state index contributed by atoms with van der Waals surface area (Å²) in [6.45, 7) is 9.37. The molecular weight excluding hydrogens is 540 g/mol. The van der Waals surface area contributed by atoms with Crippen molar-refractivity contribution in [3.05, 3.63) is 72.4 Å². The van der Waals surface area contributed by atoms with Gasteiger partial charge in [0.2, 0.25) is 5.79 Å². The first-order valence-electron chi connectivity index (χ1n) is 14.3. The van der Waals surface area contributed by atoms with Gasteiger partial charge in [-0.15, -0.1) is 6.58 Å². The van der Waals surface area contributed by atoms with Crippen molar-refractivity contribution in [3.63, 3.8) is 0 Å². The van der Waals surface area contributed by atoms with Crippen LogP contribution >= 0.6 is 0 Å². The normalized spacial score (nSPS) is 23.3. The van der Waals surface area contributed by atoms with Crippen LogP contribution in [-0.4, -0.2) is 67.8 Å². The van der Waals surface area contributed by atoms with Crippen molar-refractivity contribution < 1.29 is 43.2 Å². The number of esters is 2. The predicted octanol–water partition coefficient (Wildman–Crippen LogP) is 5.01. The van der Waals surface area contributed by atoms with E-state index in [2.05, 4.69) is 6.58 Å². The van der Waals surface area contributed by atoms with Gasteiger partial charge in [0.1, 0.15) is 6.29 Å². The molecule has 0 amide bonds. The Kier molecular flexibility index (Phi) is 14.3. The summed E-state index contributed by atoms with van der Waals surface area (Å²) >= 11 is 0. The Balaban J connectivity index is 2.41. The standard InChI is InChI=1S/C33H46O9/c1-7-8-9-13-17-29(36)41-31-26(21-30(37)38-5)20-27(42-33(31,39-6)32(3,4)18-14-19-34)22-28(35)24(2)40-23-25-15-11-10-12-16-25/h7,10-12,14-16,18-19,21,24,27-28,31,35H,1,8-9,13,17,20,22-23H2,2-6H3/b18-14+,26-21+/t24-,27-,28+,31-,33+/m0/s1. The SMILES string of the molecule is C=CCCCCC(=O)O[C@H]1/C(=C/C(=O)OC)C[C@@H](C[C@@H](O)[C@H](C)OCc2ccccc2)O[C@@]1(OC)C(C)(C)/C=C/C=O. The van der Waals surface area contributed by atoms with Crippen molar-refractivity contribution >= 4 is 18.2 Å². The summed E-state index contributed by atoms with van der Waals surface area (Å²) in [5.41, 5.74) is 0.354. The number of methoxy groups -OCH3 is 2. The van der Waals surface area contributed by atoms with E-state index < -0.39 is 47.6 Å². The third-order valence-corrected chi connectivity index (χ3v) is 7.47. The van der Waals surface area contributed by atoms with Crippen LogP contribution in [0.3, 0.4) is 0 Å². The number of benzene rings is 1. The Morgan fingerprint density at radius 3 is 2.55 bits per heavy atom. The minimum atomic E-state index is -1.65. The van der Waals surface area contributed by atoms with Gasteiger partial charge in [-0.1, -0.05) is 56.3 Å². The number of hydrogen-bond acceptors (Lipinski definition) is 9. The lowest BCUT2D eigenvalue weighted by molar-refractivity contribution is -0.338. The van der Waals surface area contributed by atoms with E-state index in [-0.39, 0.29) is 19.3 Å². The molecule has 0 spiro atoms. The maximum atomic E-state index is 13.0. The summed E-state index contributed by atoms with van der Waals surface area (Å²) < 4.78 is 29.4. The number of rotatable bonds is 17. The highest BCUT2D eigenvalue weighted by atomic mass is 16.7. The molecule has 0 radical (unpaired) electrons. The van der Waals surface area contributed by atoms with Gasteiger partial charge in [0.15, 0.2) is 6.10 Å². The largest absolute Gasteiger partial charge is 0.466 e. The van der Waals surface area contributed by atoms with Crippen molar-refractivity contribution in [1.82, 2.24) is 0 Å². The lowest BCUT2D eigenvalue weighted by Gasteiger charge is -2.53. The lowest BCUT2D eigenvalue weighted by atomic mass is 9.74. The fraction of sp³-hybridized carbons (Fsp3) is 0.545. The zero-order valence-corrected chi connectivity index (χ0v) is 25.5. The molecule has 1 aliphatic heterocycles. The topological polar surface area (TPSA) is 118 Å². The van der Waals surface area contributed by atoms with E-state index in [1.165, 1.54) is 26.4 Å². The minimum Gasteiger partial charge on any atom is -0.466 e. The summed E-state index contributed by atoms with van der Waals surface area (Å²) in [6, 6.07) is 9.63. The van der Waals surface area contributed by atoms with E-state index in [0.29, 0.717) is 24.9 Å².